The van der Waals surface area contributed by atoms with Crippen molar-refractivity contribution in [3.8, 4) is 17.2 Å². The molecule has 0 atom stereocenters. The third-order valence-corrected chi connectivity index (χ3v) is 4.86. The van der Waals surface area contributed by atoms with Crippen molar-refractivity contribution in [1.82, 2.24) is 14.9 Å². The molecule has 8 heteroatoms. The van der Waals surface area contributed by atoms with Crippen molar-refractivity contribution in [2.75, 3.05) is 14.2 Å². The Labute approximate surface area is 169 Å². The van der Waals surface area contributed by atoms with E-state index in [0.717, 1.165) is 3.57 Å². The second-order valence-electron chi connectivity index (χ2n) is 5.63. The number of amides is 1. The van der Waals surface area contributed by atoms with Crippen molar-refractivity contribution in [1.29, 1.82) is 0 Å². The van der Waals surface area contributed by atoms with Crippen molar-refractivity contribution >= 4 is 28.5 Å². The van der Waals surface area contributed by atoms with Gasteiger partial charge in [-0.15, -0.1) is 0 Å². The second-order valence-corrected chi connectivity index (χ2v) is 6.79. The first kappa shape index (κ1) is 19.2. The van der Waals surface area contributed by atoms with Crippen LogP contribution in [0, 0.1) is 9.39 Å². The fourth-order valence-electron chi connectivity index (χ4n) is 2.58. The fraction of sp³-hybridized carbons (Fsp3) is 0.158. The van der Waals surface area contributed by atoms with Crippen LogP contribution in [0.5, 0.6) is 11.5 Å². The van der Waals surface area contributed by atoms with E-state index in [1.807, 2.05) is 0 Å². The van der Waals surface area contributed by atoms with Crippen molar-refractivity contribution in [2.45, 2.75) is 6.54 Å². The number of benzene rings is 2. The van der Waals surface area contributed by atoms with Crippen molar-refractivity contribution in [2.24, 2.45) is 0 Å². The molecule has 3 aromatic rings. The molecular weight excluding hydrogens is 464 g/mol. The Morgan fingerprint density at radius 2 is 1.96 bits per heavy atom. The molecule has 0 aliphatic heterocycles. The normalized spacial score (nSPS) is 10.5. The van der Waals surface area contributed by atoms with Gasteiger partial charge in [0.05, 0.1) is 31.8 Å². The third-order valence-electron chi connectivity index (χ3n) is 3.97. The standard InChI is InChI=1S/C19H17FIN3O3/c1-26-17-8-13(15(21)9-18(17)27-2)19(25)23-10-12-3-4-16(14(20)7-12)24-6-5-22-11-24/h3-9,11H,10H2,1-2H3,(H,23,25). The Bertz CT molecular complexity index is 961. The SMILES string of the molecule is COc1cc(I)c(C(=O)NCc2ccc(-n3ccnc3)c(F)c2)cc1OC. The van der Waals surface area contributed by atoms with Gasteiger partial charge in [0.15, 0.2) is 11.5 Å². The van der Waals surface area contributed by atoms with Gasteiger partial charge < -0.3 is 19.4 Å². The van der Waals surface area contributed by atoms with E-state index < -0.39 is 0 Å². The summed E-state index contributed by atoms with van der Waals surface area (Å²) in [5, 5.41) is 2.80. The van der Waals surface area contributed by atoms with Gasteiger partial charge in [0.25, 0.3) is 5.91 Å². The molecule has 0 fully saturated rings. The summed E-state index contributed by atoms with van der Waals surface area (Å²) in [4.78, 5) is 16.4. The monoisotopic (exact) mass is 481 g/mol. The maximum Gasteiger partial charge on any atom is 0.252 e. The minimum Gasteiger partial charge on any atom is -0.493 e. The highest BCUT2D eigenvalue weighted by Gasteiger charge is 2.15. The zero-order valence-corrected chi connectivity index (χ0v) is 16.9. The summed E-state index contributed by atoms with van der Waals surface area (Å²) < 4.78 is 27.1. The number of halogens is 2. The summed E-state index contributed by atoms with van der Waals surface area (Å²) in [7, 11) is 3.05. The minimum atomic E-state index is -0.388. The second kappa shape index (κ2) is 8.38. The van der Waals surface area contributed by atoms with Gasteiger partial charge in [0.1, 0.15) is 5.82 Å². The number of aromatic nitrogens is 2. The van der Waals surface area contributed by atoms with Gasteiger partial charge in [-0.3, -0.25) is 4.79 Å². The van der Waals surface area contributed by atoms with E-state index >= 15 is 0 Å². The topological polar surface area (TPSA) is 65.4 Å². The summed E-state index contributed by atoms with van der Waals surface area (Å²) in [5.41, 5.74) is 1.51. The summed E-state index contributed by atoms with van der Waals surface area (Å²) in [5.74, 6) is 0.356. The molecule has 0 saturated carbocycles. The van der Waals surface area contributed by atoms with Crippen LogP contribution < -0.4 is 14.8 Å². The minimum absolute atomic E-state index is 0.199. The molecule has 2 aromatic carbocycles. The zero-order chi connectivity index (χ0) is 19.4. The maximum atomic E-state index is 14.3. The first-order valence-corrected chi connectivity index (χ1v) is 9.08. The van der Waals surface area contributed by atoms with Crippen LogP contribution >= 0.6 is 22.6 Å². The van der Waals surface area contributed by atoms with Crippen LogP contribution in [0.4, 0.5) is 4.39 Å². The van der Waals surface area contributed by atoms with Crippen LogP contribution in [0.3, 0.4) is 0 Å². The van der Waals surface area contributed by atoms with E-state index in [1.54, 1.807) is 41.2 Å². The van der Waals surface area contributed by atoms with Gasteiger partial charge >= 0.3 is 0 Å². The third kappa shape index (κ3) is 4.21. The van der Waals surface area contributed by atoms with Crippen LogP contribution in [-0.4, -0.2) is 29.7 Å². The van der Waals surface area contributed by atoms with Crippen molar-refractivity contribution < 1.29 is 18.7 Å². The van der Waals surface area contributed by atoms with E-state index in [2.05, 4.69) is 32.9 Å². The summed E-state index contributed by atoms with van der Waals surface area (Å²) >= 11 is 2.06. The smallest absolute Gasteiger partial charge is 0.252 e. The van der Waals surface area contributed by atoms with E-state index in [0.29, 0.717) is 28.3 Å². The molecule has 140 valence electrons. The number of carbonyl (C=O) groups is 1. The van der Waals surface area contributed by atoms with Gasteiger partial charge in [-0.2, -0.15) is 0 Å². The predicted octanol–water partition coefficient (Wildman–Crippen LogP) is 3.56. The predicted molar refractivity (Wildman–Crippen MR) is 107 cm³/mol. The summed E-state index contributed by atoms with van der Waals surface area (Å²) in [6.45, 7) is 0.199. The molecular formula is C19H17FIN3O3. The first-order chi connectivity index (χ1) is 13.0. The van der Waals surface area contributed by atoms with Crippen LogP contribution in [0.2, 0.25) is 0 Å². The summed E-state index contributed by atoms with van der Waals surface area (Å²) in [6.07, 6.45) is 4.77. The highest BCUT2D eigenvalue weighted by atomic mass is 127. The molecule has 1 aromatic heterocycles. The largest absolute Gasteiger partial charge is 0.493 e. The van der Waals surface area contributed by atoms with Gasteiger partial charge in [0.2, 0.25) is 0 Å². The van der Waals surface area contributed by atoms with Crippen LogP contribution in [-0.2, 0) is 6.54 Å². The first-order valence-electron chi connectivity index (χ1n) is 8.00. The average molecular weight is 481 g/mol. The Kier molecular flexibility index (Phi) is 5.94. The van der Waals surface area contributed by atoms with E-state index in [4.69, 9.17) is 9.47 Å². The highest BCUT2D eigenvalue weighted by Crippen LogP contribution is 2.31. The Morgan fingerprint density at radius 3 is 2.59 bits per heavy atom. The molecule has 0 spiro atoms. The molecule has 0 aliphatic carbocycles. The van der Waals surface area contributed by atoms with Crippen LogP contribution in [0.25, 0.3) is 5.69 Å². The lowest BCUT2D eigenvalue weighted by Gasteiger charge is -2.12. The Balaban J connectivity index is 1.73. The van der Waals surface area contributed by atoms with Crippen molar-refractivity contribution in [3.05, 3.63) is 69.6 Å². The van der Waals surface area contributed by atoms with Gasteiger partial charge in [-0.25, -0.2) is 9.37 Å². The highest BCUT2D eigenvalue weighted by molar-refractivity contribution is 14.1. The molecule has 3 rings (SSSR count). The number of nitrogens with one attached hydrogen (secondary N) is 1. The lowest BCUT2D eigenvalue weighted by molar-refractivity contribution is 0.0949. The lowest BCUT2D eigenvalue weighted by Crippen LogP contribution is -2.24. The number of hydrogen-bond donors (Lipinski definition) is 1. The molecule has 1 heterocycles. The van der Waals surface area contributed by atoms with Crippen LogP contribution in [0.1, 0.15) is 15.9 Å². The number of imidazole rings is 1. The number of rotatable bonds is 6. The molecule has 1 amide bonds. The zero-order valence-electron chi connectivity index (χ0n) is 14.7. The summed E-state index contributed by atoms with van der Waals surface area (Å²) in [6, 6.07) is 8.17. The van der Waals surface area contributed by atoms with Gasteiger partial charge in [0, 0.05) is 22.5 Å². The number of nitrogens with zero attached hydrogens (tertiary/aromatic N) is 2. The van der Waals surface area contributed by atoms with Crippen molar-refractivity contribution in [3.63, 3.8) is 0 Å². The molecule has 0 saturated heterocycles. The van der Waals surface area contributed by atoms with E-state index in [1.165, 1.54) is 26.6 Å². The van der Waals surface area contributed by atoms with Gasteiger partial charge in [-0.1, -0.05) is 6.07 Å². The van der Waals surface area contributed by atoms with Gasteiger partial charge in [-0.05, 0) is 52.4 Å². The molecule has 0 bridgehead atoms. The van der Waals surface area contributed by atoms with E-state index in [-0.39, 0.29) is 18.3 Å². The van der Waals surface area contributed by atoms with Crippen LogP contribution in [0.15, 0.2) is 49.1 Å². The number of carbonyl (C=O) groups excluding carboxylic acids is 1. The average Bonchev–Trinajstić information content (AvgIpc) is 3.20. The Hall–Kier alpha value is -2.62. The molecule has 0 aliphatic rings. The number of ether oxygens (including phenoxy) is 2. The molecule has 27 heavy (non-hydrogen) atoms. The fourth-order valence-corrected chi connectivity index (χ4v) is 3.26. The molecule has 0 unspecified atom stereocenters. The Morgan fingerprint density at radius 1 is 1.22 bits per heavy atom. The molecule has 6 nitrogen and oxygen atoms in total. The maximum absolute atomic E-state index is 14.3. The number of hydrogen-bond acceptors (Lipinski definition) is 4. The van der Waals surface area contributed by atoms with E-state index in [9.17, 15) is 9.18 Å². The molecule has 0 radical (unpaired) electrons. The lowest BCUT2D eigenvalue weighted by atomic mass is 10.1. The quantitative estimate of drug-likeness (QED) is 0.547. The number of methoxy groups -OCH3 is 2. The molecule has 1 N–H and O–H groups in total.